The summed E-state index contributed by atoms with van der Waals surface area (Å²) in [4.78, 5) is 3.83. The van der Waals surface area contributed by atoms with Crippen molar-refractivity contribution in [1.82, 2.24) is 4.98 Å². The van der Waals surface area contributed by atoms with Crippen molar-refractivity contribution >= 4 is 9.84 Å². The van der Waals surface area contributed by atoms with Crippen LogP contribution in [-0.2, 0) is 22.4 Å². The summed E-state index contributed by atoms with van der Waals surface area (Å²) in [5.41, 5.74) is -0.0759. The molecule has 0 aromatic carbocycles. The molecule has 0 spiro atoms. The summed E-state index contributed by atoms with van der Waals surface area (Å²) in [6.07, 6.45) is 1.37. The summed E-state index contributed by atoms with van der Waals surface area (Å²) in [5.74, 6) is 0.227. The lowest BCUT2D eigenvalue weighted by molar-refractivity contribution is -0.137. The molecule has 0 saturated carbocycles. The summed E-state index contributed by atoms with van der Waals surface area (Å²) in [6, 6.07) is 2.47. The van der Waals surface area contributed by atoms with Crippen molar-refractivity contribution in [2.75, 3.05) is 5.75 Å². The molecule has 7 heteroatoms. The molecule has 0 aliphatic rings. The molecular weight excluding hydrogens is 327 g/mol. The van der Waals surface area contributed by atoms with Crippen molar-refractivity contribution in [3.63, 3.8) is 0 Å². The van der Waals surface area contributed by atoms with Crippen LogP contribution in [0.2, 0.25) is 0 Å². The third kappa shape index (κ3) is 7.33. The van der Waals surface area contributed by atoms with Crippen molar-refractivity contribution in [2.24, 2.45) is 0 Å². The van der Waals surface area contributed by atoms with E-state index in [9.17, 15) is 21.6 Å². The van der Waals surface area contributed by atoms with Crippen molar-refractivity contribution in [2.45, 2.75) is 63.8 Å². The fourth-order valence-corrected chi connectivity index (χ4v) is 3.19. The summed E-state index contributed by atoms with van der Waals surface area (Å²) in [6.45, 7) is 3.37. The minimum absolute atomic E-state index is 0.227. The zero-order chi connectivity index (χ0) is 17.5. The van der Waals surface area contributed by atoms with Crippen LogP contribution in [0.3, 0.4) is 0 Å². The number of pyridine rings is 1. The fourth-order valence-electron chi connectivity index (χ4n) is 2.12. The van der Waals surface area contributed by atoms with Gasteiger partial charge in [0.2, 0.25) is 0 Å². The van der Waals surface area contributed by atoms with E-state index in [0.717, 1.165) is 37.9 Å². The summed E-state index contributed by atoms with van der Waals surface area (Å²) in [7, 11) is -2.95. The quantitative estimate of drug-likeness (QED) is 0.619. The van der Waals surface area contributed by atoms with Crippen LogP contribution in [-0.4, -0.2) is 24.4 Å². The predicted octanol–water partition coefficient (Wildman–Crippen LogP) is 4.42. The van der Waals surface area contributed by atoms with Gasteiger partial charge in [-0.2, -0.15) is 13.2 Å². The standard InChI is InChI=1S/C16H24F3NO2S/c1-13(2)23(21,22)11-7-5-3-4-6-8-15-10-9-14(12-20-15)16(17,18)19/h9-10,12-13H,3-8,11H2,1-2H3. The molecule has 23 heavy (non-hydrogen) atoms. The average molecular weight is 351 g/mol. The van der Waals surface area contributed by atoms with Crippen molar-refractivity contribution in [3.05, 3.63) is 29.6 Å². The normalized spacial score (nSPS) is 12.8. The van der Waals surface area contributed by atoms with E-state index in [0.29, 0.717) is 18.5 Å². The van der Waals surface area contributed by atoms with E-state index in [1.54, 1.807) is 13.8 Å². The van der Waals surface area contributed by atoms with Crippen molar-refractivity contribution < 1.29 is 21.6 Å². The summed E-state index contributed by atoms with van der Waals surface area (Å²) >= 11 is 0. The van der Waals surface area contributed by atoms with Gasteiger partial charge in [0, 0.05) is 11.9 Å². The first-order valence-corrected chi connectivity index (χ1v) is 9.58. The van der Waals surface area contributed by atoms with Gasteiger partial charge >= 0.3 is 6.18 Å². The minimum Gasteiger partial charge on any atom is -0.261 e. The lowest BCUT2D eigenvalue weighted by Gasteiger charge is -2.08. The number of aryl methyl sites for hydroxylation is 1. The Labute approximate surface area is 136 Å². The first-order chi connectivity index (χ1) is 10.6. The number of sulfone groups is 1. The SMILES string of the molecule is CC(C)S(=O)(=O)CCCCCCCc1ccc(C(F)(F)F)cn1. The zero-order valence-electron chi connectivity index (χ0n) is 13.6. The van der Waals surface area contributed by atoms with E-state index in [-0.39, 0.29) is 11.0 Å². The molecule has 0 aliphatic heterocycles. The van der Waals surface area contributed by atoms with Gasteiger partial charge in [0.05, 0.1) is 16.6 Å². The summed E-state index contributed by atoms with van der Waals surface area (Å²) < 4.78 is 60.4. The third-order valence-electron chi connectivity index (χ3n) is 3.73. The Hall–Kier alpha value is -1.11. The molecule has 0 atom stereocenters. The fraction of sp³-hybridized carbons (Fsp3) is 0.688. The molecule has 0 saturated heterocycles. The predicted molar refractivity (Wildman–Crippen MR) is 85.0 cm³/mol. The Balaban J connectivity index is 2.18. The van der Waals surface area contributed by atoms with Crippen LogP contribution >= 0.6 is 0 Å². The smallest absolute Gasteiger partial charge is 0.261 e. The highest BCUT2D eigenvalue weighted by Gasteiger charge is 2.30. The second-order valence-electron chi connectivity index (χ2n) is 5.97. The van der Waals surface area contributed by atoms with Crippen LogP contribution in [0.1, 0.15) is 57.2 Å². The van der Waals surface area contributed by atoms with Crippen molar-refractivity contribution in [3.8, 4) is 0 Å². The van der Waals surface area contributed by atoms with Gasteiger partial charge in [0.15, 0.2) is 9.84 Å². The van der Waals surface area contributed by atoms with E-state index < -0.39 is 21.6 Å². The Bertz CT molecular complexity index is 566. The molecule has 0 aliphatic carbocycles. The Morgan fingerprint density at radius 3 is 2.17 bits per heavy atom. The highest BCUT2D eigenvalue weighted by molar-refractivity contribution is 7.91. The number of hydrogen-bond donors (Lipinski definition) is 0. The molecule has 3 nitrogen and oxygen atoms in total. The maximum absolute atomic E-state index is 12.4. The van der Waals surface area contributed by atoms with Gasteiger partial charge in [-0.1, -0.05) is 19.3 Å². The maximum Gasteiger partial charge on any atom is 0.417 e. The van der Waals surface area contributed by atoms with E-state index in [1.165, 1.54) is 6.07 Å². The molecule has 132 valence electrons. The number of aromatic nitrogens is 1. The first-order valence-electron chi connectivity index (χ1n) is 7.86. The van der Waals surface area contributed by atoms with Crippen molar-refractivity contribution in [1.29, 1.82) is 0 Å². The largest absolute Gasteiger partial charge is 0.417 e. The highest BCUT2D eigenvalue weighted by Crippen LogP contribution is 2.28. The Morgan fingerprint density at radius 1 is 1.04 bits per heavy atom. The van der Waals surface area contributed by atoms with Gasteiger partial charge in [0.25, 0.3) is 0 Å². The zero-order valence-corrected chi connectivity index (χ0v) is 14.4. The highest BCUT2D eigenvalue weighted by atomic mass is 32.2. The molecule has 1 aromatic rings. The van der Waals surface area contributed by atoms with Gasteiger partial charge < -0.3 is 0 Å². The molecule has 1 heterocycles. The lowest BCUT2D eigenvalue weighted by Crippen LogP contribution is -2.17. The van der Waals surface area contributed by atoms with Gasteiger partial charge in [0.1, 0.15) is 0 Å². The third-order valence-corrected chi connectivity index (χ3v) is 6.03. The second kappa shape index (κ2) is 8.66. The van der Waals surface area contributed by atoms with E-state index in [1.807, 2.05) is 0 Å². The monoisotopic (exact) mass is 351 g/mol. The molecule has 1 rings (SSSR count). The minimum atomic E-state index is -4.35. The van der Waals surface area contributed by atoms with E-state index in [2.05, 4.69) is 4.98 Å². The lowest BCUT2D eigenvalue weighted by atomic mass is 10.1. The molecule has 0 fully saturated rings. The van der Waals surface area contributed by atoms with Crippen LogP contribution in [0.4, 0.5) is 13.2 Å². The van der Waals surface area contributed by atoms with E-state index >= 15 is 0 Å². The number of rotatable bonds is 9. The molecule has 0 radical (unpaired) electrons. The molecule has 0 amide bonds. The first kappa shape index (κ1) is 19.9. The average Bonchev–Trinajstić information content (AvgIpc) is 2.45. The molecule has 0 N–H and O–H groups in total. The van der Waals surface area contributed by atoms with Crippen LogP contribution in [0.25, 0.3) is 0 Å². The molecular formula is C16H24F3NO2S. The number of alkyl halides is 3. The number of nitrogens with zero attached hydrogens (tertiary/aromatic N) is 1. The second-order valence-corrected chi connectivity index (χ2v) is 8.65. The number of hydrogen-bond acceptors (Lipinski definition) is 3. The number of unbranched alkanes of at least 4 members (excludes halogenated alkanes) is 4. The maximum atomic E-state index is 12.4. The van der Waals surface area contributed by atoms with Gasteiger partial charge in [-0.25, -0.2) is 8.42 Å². The molecule has 0 bridgehead atoms. The summed E-state index contributed by atoms with van der Waals surface area (Å²) in [5, 5.41) is -0.326. The van der Waals surface area contributed by atoms with Gasteiger partial charge in [-0.15, -0.1) is 0 Å². The Morgan fingerprint density at radius 2 is 1.65 bits per heavy atom. The molecule has 0 unspecified atom stereocenters. The Kier molecular flexibility index (Phi) is 7.51. The van der Waals surface area contributed by atoms with Crippen LogP contribution in [0.5, 0.6) is 0 Å². The van der Waals surface area contributed by atoms with Crippen LogP contribution in [0.15, 0.2) is 18.3 Å². The van der Waals surface area contributed by atoms with E-state index in [4.69, 9.17) is 0 Å². The topological polar surface area (TPSA) is 47.0 Å². The van der Waals surface area contributed by atoms with Crippen LogP contribution in [0, 0.1) is 0 Å². The van der Waals surface area contributed by atoms with Gasteiger partial charge in [-0.05, 0) is 45.2 Å². The molecule has 1 aromatic heterocycles. The van der Waals surface area contributed by atoms with Gasteiger partial charge in [-0.3, -0.25) is 4.98 Å². The van der Waals surface area contributed by atoms with Crippen LogP contribution < -0.4 is 0 Å². The number of halogens is 3.